The van der Waals surface area contributed by atoms with Crippen LogP contribution in [-0.4, -0.2) is 31.1 Å². The second-order valence-corrected chi connectivity index (χ2v) is 6.18. The molecule has 2 nitrogen and oxygen atoms in total. The molecule has 0 spiro atoms. The van der Waals surface area contributed by atoms with Crippen LogP contribution in [0.15, 0.2) is 28.7 Å². The third-order valence-corrected chi connectivity index (χ3v) is 4.18. The van der Waals surface area contributed by atoms with Gasteiger partial charge in [-0.15, -0.1) is 0 Å². The van der Waals surface area contributed by atoms with Gasteiger partial charge in [0.25, 0.3) is 0 Å². The van der Waals surface area contributed by atoms with Gasteiger partial charge < -0.3 is 9.64 Å². The molecule has 106 valence electrons. The molecule has 0 amide bonds. The van der Waals surface area contributed by atoms with Gasteiger partial charge in [0.05, 0.1) is 6.61 Å². The number of ether oxygens (including phenoxy) is 1. The van der Waals surface area contributed by atoms with Gasteiger partial charge in [0, 0.05) is 4.47 Å². The first-order chi connectivity index (χ1) is 9.34. The molecule has 19 heavy (non-hydrogen) atoms. The van der Waals surface area contributed by atoms with E-state index in [1.54, 1.807) is 0 Å². The van der Waals surface area contributed by atoms with Crippen LogP contribution in [-0.2, 0) is 0 Å². The van der Waals surface area contributed by atoms with Crippen LogP contribution in [0, 0.1) is 0 Å². The van der Waals surface area contributed by atoms with Crippen LogP contribution in [0.3, 0.4) is 0 Å². The molecule has 1 aromatic carbocycles. The maximum absolute atomic E-state index is 5.71. The van der Waals surface area contributed by atoms with E-state index < -0.39 is 0 Å². The molecule has 2 rings (SSSR count). The van der Waals surface area contributed by atoms with Crippen molar-refractivity contribution in [2.24, 2.45) is 0 Å². The van der Waals surface area contributed by atoms with E-state index in [9.17, 15) is 0 Å². The molecule has 1 aromatic rings. The summed E-state index contributed by atoms with van der Waals surface area (Å²) >= 11 is 3.42. The highest BCUT2D eigenvalue weighted by Crippen LogP contribution is 2.16. The van der Waals surface area contributed by atoms with E-state index in [2.05, 4.69) is 20.8 Å². The molecule has 1 aliphatic heterocycles. The average molecular weight is 326 g/mol. The summed E-state index contributed by atoms with van der Waals surface area (Å²) in [6, 6.07) is 8.06. The molecule has 0 radical (unpaired) electrons. The minimum Gasteiger partial charge on any atom is -0.494 e. The Kier molecular flexibility index (Phi) is 6.72. The Morgan fingerprint density at radius 2 is 1.63 bits per heavy atom. The first-order valence-electron chi connectivity index (χ1n) is 7.45. The summed E-state index contributed by atoms with van der Waals surface area (Å²) in [7, 11) is 0. The molecule has 0 unspecified atom stereocenters. The Morgan fingerprint density at radius 3 is 2.37 bits per heavy atom. The van der Waals surface area contributed by atoms with E-state index in [-0.39, 0.29) is 0 Å². The second kappa shape index (κ2) is 8.60. The summed E-state index contributed by atoms with van der Waals surface area (Å²) < 4.78 is 6.81. The van der Waals surface area contributed by atoms with E-state index in [1.165, 1.54) is 51.7 Å². The maximum Gasteiger partial charge on any atom is 0.119 e. The summed E-state index contributed by atoms with van der Waals surface area (Å²) in [6.07, 6.45) is 7.93. The standard InChI is InChI=1S/C16H24BrNO/c17-15-7-9-16(10-8-15)19-14-6-2-1-3-11-18-12-4-5-13-18/h7-10H,1-6,11-14H2. The summed E-state index contributed by atoms with van der Waals surface area (Å²) in [5, 5.41) is 0. The lowest BCUT2D eigenvalue weighted by Gasteiger charge is -2.13. The number of benzene rings is 1. The molecule has 1 fully saturated rings. The normalized spacial score (nSPS) is 15.8. The van der Waals surface area contributed by atoms with Crippen LogP contribution in [0.2, 0.25) is 0 Å². The Bertz CT molecular complexity index is 346. The zero-order valence-electron chi connectivity index (χ0n) is 11.6. The van der Waals surface area contributed by atoms with Gasteiger partial charge in [0.15, 0.2) is 0 Å². The van der Waals surface area contributed by atoms with Crippen molar-refractivity contribution in [2.45, 2.75) is 38.5 Å². The summed E-state index contributed by atoms with van der Waals surface area (Å²) in [4.78, 5) is 2.60. The largest absolute Gasteiger partial charge is 0.494 e. The Labute approximate surface area is 125 Å². The van der Waals surface area contributed by atoms with E-state index in [4.69, 9.17) is 4.74 Å². The fraction of sp³-hybridized carbons (Fsp3) is 0.625. The van der Waals surface area contributed by atoms with Crippen LogP contribution in [0.25, 0.3) is 0 Å². The highest BCUT2D eigenvalue weighted by molar-refractivity contribution is 9.10. The van der Waals surface area contributed by atoms with Crippen molar-refractivity contribution in [3.8, 4) is 5.75 Å². The van der Waals surface area contributed by atoms with Crippen LogP contribution < -0.4 is 4.74 Å². The number of hydrogen-bond donors (Lipinski definition) is 0. The Morgan fingerprint density at radius 1 is 0.947 bits per heavy atom. The highest BCUT2D eigenvalue weighted by Gasteiger charge is 2.09. The van der Waals surface area contributed by atoms with Crippen molar-refractivity contribution in [1.82, 2.24) is 4.90 Å². The number of rotatable bonds is 8. The van der Waals surface area contributed by atoms with Gasteiger partial charge in [-0.25, -0.2) is 0 Å². The summed E-state index contributed by atoms with van der Waals surface area (Å²) in [5.74, 6) is 0.972. The predicted molar refractivity (Wildman–Crippen MR) is 83.8 cm³/mol. The first-order valence-corrected chi connectivity index (χ1v) is 8.24. The molecule has 0 aliphatic carbocycles. The fourth-order valence-corrected chi connectivity index (χ4v) is 2.78. The molecule has 0 N–H and O–H groups in total. The average Bonchev–Trinajstić information content (AvgIpc) is 2.93. The molecule has 0 aromatic heterocycles. The van der Waals surface area contributed by atoms with Gasteiger partial charge in [-0.1, -0.05) is 28.8 Å². The third kappa shape index (κ3) is 5.96. The van der Waals surface area contributed by atoms with E-state index >= 15 is 0 Å². The summed E-state index contributed by atoms with van der Waals surface area (Å²) in [6.45, 7) is 4.79. The molecule has 3 heteroatoms. The van der Waals surface area contributed by atoms with Crippen molar-refractivity contribution in [1.29, 1.82) is 0 Å². The minimum atomic E-state index is 0.839. The molecule has 1 heterocycles. The van der Waals surface area contributed by atoms with Crippen LogP contribution in [0.1, 0.15) is 38.5 Å². The quantitative estimate of drug-likeness (QED) is 0.653. The molecular formula is C16H24BrNO. The zero-order valence-corrected chi connectivity index (χ0v) is 13.2. The van der Waals surface area contributed by atoms with E-state index in [0.29, 0.717) is 0 Å². The predicted octanol–water partition coefficient (Wildman–Crippen LogP) is 4.48. The molecular weight excluding hydrogens is 302 g/mol. The van der Waals surface area contributed by atoms with Crippen LogP contribution in [0.5, 0.6) is 5.75 Å². The fourth-order valence-electron chi connectivity index (χ4n) is 2.52. The van der Waals surface area contributed by atoms with Crippen LogP contribution in [0.4, 0.5) is 0 Å². The van der Waals surface area contributed by atoms with Gasteiger partial charge in [-0.05, 0) is 69.6 Å². The van der Waals surface area contributed by atoms with Crippen molar-refractivity contribution < 1.29 is 4.74 Å². The topological polar surface area (TPSA) is 12.5 Å². The first kappa shape index (κ1) is 14.9. The molecule has 0 saturated carbocycles. The van der Waals surface area contributed by atoms with Crippen LogP contribution >= 0.6 is 15.9 Å². The zero-order chi connectivity index (χ0) is 13.3. The van der Waals surface area contributed by atoms with Crippen molar-refractivity contribution in [3.05, 3.63) is 28.7 Å². The van der Waals surface area contributed by atoms with Crippen molar-refractivity contribution in [3.63, 3.8) is 0 Å². The number of unbranched alkanes of at least 4 members (excludes halogenated alkanes) is 3. The SMILES string of the molecule is Brc1ccc(OCCCCCCN2CCCC2)cc1. The highest BCUT2D eigenvalue weighted by atomic mass is 79.9. The smallest absolute Gasteiger partial charge is 0.119 e. The number of likely N-dealkylation sites (tertiary alicyclic amines) is 1. The number of halogens is 1. The summed E-state index contributed by atoms with van der Waals surface area (Å²) in [5.41, 5.74) is 0. The second-order valence-electron chi connectivity index (χ2n) is 5.27. The van der Waals surface area contributed by atoms with Gasteiger partial charge in [-0.3, -0.25) is 0 Å². The molecule has 1 aliphatic rings. The lowest BCUT2D eigenvalue weighted by atomic mass is 10.2. The molecule has 1 saturated heterocycles. The van der Waals surface area contributed by atoms with Crippen molar-refractivity contribution in [2.75, 3.05) is 26.2 Å². The minimum absolute atomic E-state index is 0.839. The third-order valence-electron chi connectivity index (χ3n) is 3.65. The van der Waals surface area contributed by atoms with Gasteiger partial charge in [-0.2, -0.15) is 0 Å². The lowest BCUT2D eigenvalue weighted by molar-refractivity contribution is 0.297. The Balaban J connectivity index is 1.44. The van der Waals surface area contributed by atoms with E-state index in [1.807, 2.05) is 24.3 Å². The van der Waals surface area contributed by atoms with Crippen molar-refractivity contribution >= 4 is 15.9 Å². The van der Waals surface area contributed by atoms with Gasteiger partial charge in [0.1, 0.15) is 5.75 Å². The lowest BCUT2D eigenvalue weighted by Crippen LogP contribution is -2.20. The van der Waals surface area contributed by atoms with Gasteiger partial charge >= 0.3 is 0 Å². The monoisotopic (exact) mass is 325 g/mol. The number of hydrogen-bond acceptors (Lipinski definition) is 2. The maximum atomic E-state index is 5.71. The Hall–Kier alpha value is -0.540. The molecule has 0 bridgehead atoms. The molecule has 0 atom stereocenters. The van der Waals surface area contributed by atoms with Gasteiger partial charge in [0.2, 0.25) is 0 Å². The number of nitrogens with zero attached hydrogens (tertiary/aromatic N) is 1. The van der Waals surface area contributed by atoms with E-state index in [0.717, 1.165) is 23.2 Å².